The first-order chi connectivity index (χ1) is 25.9. The molecule has 0 spiro atoms. The molecular weight excluding hydrogens is 672 g/mol. The number of nitrogens with zero attached hydrogens (tertiary/aromatic N) is 4. The van der Waals surface area contributed by atoms with E-state index in [0.717, 1.165) is 65.3 Å². The normalized spacial score (nSPS) is 15.4. The van der Waals surface area contributed by atoms with Gasteiger partial charge in [-0.25, -0.2) is 9.97 Å². The van der Waals surface area contributed by atoms with Crippen molar-refractivity contribution in [2.75, 3.05) is 39.1 Å². The number of rotatable bonds is 13. The third-order valence-electron chi connectivity index (χ3n) is 10.5. The second-order valence-corrected chi connectivity index (χ2v) is 13.7. The zero-order valence-corrected chi connectivity index (χ0v) is 30.2. The maximum absolute atomic E-state index is 15.2. The van der Waals surface area contributed by atoms with E-state index in [-0.39, 0.29) is 0 Å². The van der Waals surface area contributed by atoms with Crippen molar-refractivity contribution in [1.82, 2.24) is 19.1 Å². The van der Waals surface area contributed by atoms with Crippen LogP contribution in [-0.4, -0.2) is 59.4 Å². The fraction of sp³-hybridized carbons (Fsp3) is 0.317. The van der Waals surface area contributed by atoms with Crippen molar-refractivity contribution in [2.45, 2.75) is 56.0 Å². The Bertz CT molecular complexity index is 2280. The number of para-hydroxylation sites is 2. The maximum atomic E-state index is 15.2. The van der Waals surface area contributed by atoms with E-state index < -0.39 is 23.9 Å². The van der Waals surface area contributed by atoms with Gasteiger partial charge in [0.15, 0.2) is 0 Å². The molecule has 2 aliphatic rings. The van der Waals surface area contributed by atoms with Gasteiger partial charge >= 0.3 is 0 Å². The van der Waals surface area contributed by atoms with Crippen LogP contribution < -0.4 is 29.6 Å². The van der Waals surface area contributed by atoms with Crippen molar-refractivity contribution in [3.05, 3.63) is 96.6 Å². The zero-order valence-electron chi connectivity index (χ0n) is 30.2. The highest BCUT2D eigenvalue weighted by atomic mass is 16.5. The van der Waals surface area contributed by atoms with Crippen LogP contribution in [0.3, 0.4) is 0 Å². The molecule has 0 aliphatic heterocycles. The largest absolute Gasteiger partial charge is 0.497 e. The Morgan fingerprint density at radius 1 is 0.604 bits per heavy atom. The van der Waals surface area contributed by atoms with Gasteiger partial charge in [-0.15, -0.1) is 0 Å². The highest BCUT2D eigenvalue weighted by Gasteiger charge is 2.41. The molecule has 2 amide bonds. The lowest BCUT2D eigenvalue weighted by Gasteiger charge is -2.31. The zero-order chi connectivity index (χ0) is 36.6. The molecule has 6 aromatic rings. The van der Waals surface area contributed by atoms with E-state index in [2.05, 4.69) is 22.8 Å². The summed E-state index contributed by atoms with van der Waals surface area (Å²) in [5.74, 6) is 1.83. The monoisotopic (exact) mass is 714 g/mol. The van der Waals surface area contributed by atoms with Gasteiger partial charge in [0.25, 0.3) is 0 Å². The average Bonchev–Trinajstić information content (AvgIpc) is 3.78. The lowest BCUT2D eigenvalue weighted by molar-refractivity contribution is -0.127. The van der Waals surface area contributed by atoms with Crippen molar-refractivity contribution < 1.29 is 28.5 Å². The average molecular weight is 715 g/mol. The molecule has 2 atom stereocenters. The van der Waals surface area contributed by atoms with Crippen LogP contribution in [0.15, 0.2) is 85.5 Å². The molecular formula is C41H42N6O6. The topological polar surface area (TPSA) is 131 Å². The number of aromatic nitrogens is 4. The van der Waals surface area contributed by atoms with Gasteiger partial charge in [-0.2, -0.15) is 0 Å². The van der Waals surface area contributed by atoms with Crippen LogP contribution in [0, 0.1) is 0 Å². The Balaban J connectivity index is 1.34. The van der Waals surface area contributed by atoms with Crippen molar-refractivity contribution in [2.24, 2.45) is 0 Å². The number of methoxy groups -OCH3 is 4. The first-order valence-corrected chi connectivity index (χ1v) is 17.9. The first kappa shape index (κ1) is 34.1. The summed E-state index contributed by atoms with van der Waals surface area (Å²) in [4.78, 5) is 40.0. The Kier molecular flexibility index (Phi) is 9.11. The van der Waals surface area contributed by atoms with Gasteiger partial charge in [0.2, 0.25) is 11.8 Å². The number of hydrogen-bond acceptors (Lipinski definition) is 8. The third kappa shape index (κ3) is 6.49. The molecule has 0 saturated heterocycles. The van der Waals surface area contributed by atoms with Crippen LogP contribution in [0.1, 0.15) is 67.2 Å². The minimum absolute atomic E-state index is 0.326. The number of benzene rings is 4. The number of anilines is 2. The molecule has 2 unspecified atom stereocenters. The minimum atomic E-state index is -1.14. The summed E-state index contributed by atoms with van der Waals surface area (Å²) in [6, 6.07) is 20.2. The number of hydrogen-bond donors (Lipinski definition) is 2. The summed E-state index contributed by atoms with van der Waals surface area (Å²) in [6.45, 7) is 0. The Morgan fingerprint density at radius 3 is 1.34 bits per heavy atom. The van der Waals surface area contributed by atoms with Crippen molar-refractivity contribution >= 4 is 45.3 Å². The van der Waals surface area contributed by atoms with Crippen molar-refractivity contribution in [1.29, 1.82) is 0 Å². The van der Waals surface area contributed by atoms with Gasteiger partial charge in [-0.1, -0.05) is 30.7 Å². The number of nitrogens with one attached hydrogen (secondary N) is 2. The Hall–Kier alpha value is -6.04. The fourth-order valence-corrected chi connectivity index (χ4v) is 7.46. The maximum Gasteiger partial charge on any atom is 0.250 e. The molecule has 2 saturated carbocycles. The van der Waals surface area contributed by atoms with Crippen LogP contribution in [-0.2, 0) is 9.59 Å². The highest BCUT2D eigenvalue weighted by Crippen LogP contribution is 2.45. The quantitative estimate of drug-likeness (QED) is 0.125. The van der Waals surface area contributed by atoms with Crippen LogP contribution in [0.25, 0.3) is 22.1 Å². The third-order valence-corrected chi connectivity index (χ3v) is 10.5. The Labute approximate surface area is 307 Å². The minimum Gasteiger partial charge on any atom is -0.497 e. The molecule has 12 heteroatoms. The molecule has 2 aromatic heterocycles. The Morgan fingerprint density at radius 2 is 1.00 bits per heavy atom. The molecule has 2 fully saturated rings. The van der Waals surface area contributed by atoms with Gasteiger partial charge in [0, 0.05) is 47.8 Å². The summed E-state index contributed by atoms with van der Waals surface area (Å²) < 4.78 is 25.8. The first-order valence-electron chi connectivity index (χ1n) is 17.9. The summed E-state index contributed by atoms with van der Waals surface area (Å²) in [7, 11) is 6.21. The predicted octanol–water partition coefficient (Wildman–Crippen LogP) is 7.63. The van der Waals surface area contributed by atoms with Crippen LogP contribution in [0.5, 0.6) is 23.0 Å². The summed E-state index contributed by atoms with van der Waals surface area (Å²) >= 11 is 0. The summed E-state index contributed by atoms with van der Waals surface area (Å²) in [6.07, 6.45) is 8.67. The number of fused-ring (bicyclic) bond motifs is 2. The molecule has 0 radical (unpaired) electrons. The van der Waals surface area contributed by atoms with E-state index in [1.807, 2.05) is 33.4 Å². The van der Waals surface area contributed by atoms with Crippen molar-refractivity contribution in [3.8, 4) is 23.0 Å². The lowest BCUT2D eigenvalue weighted by Crippen LogP contribution is -2.40. The second kappa shape index (κ2) is 14.2. The van der Waals surface area contributed by atoms with Crippen LogP contribution in [0.2, 0.25) is 0 Å². The summed E-state index contributed by atoms with van der Waals surface area (Å²) in [5.41, 5.74) is 6.26. The van der Waals surface area contributed by atoms with Crippen LogP contribution >= 0.6 is 0 Å². The smallest absolute Gasteiger partial charge is 0.250 e. The number of ether oxygens (including phenoxy) is 4. The lowest BCUT2D eigenvalue weighted by atomic mass is 9.79. The van der Waals surface area contributed by atoms with Gasteiger partial charge < -0.3 is 38.7 Å². The van der Waals surface area contributed by atoms with E-state index in [4.69, 9.17) is 28.9 Å². The van der Waals surface area contributed by atoms with E-state index >= 15 is 9.59 Å². The van der Waals surface area contributed by atoms with Gasteiger partial charge in [0.05, 0.1) is 63.2 Å². The molecule has 8 rings (SSSR count). The molecule has 12 nitrogen and oxygen atoms in total. The van der Waals surface area contributed by atoms with Gasteiger partial charge in [0.1, 0.15) is 35.1 Å². The number of amides is 2. The van der Waals surface area contributed by atoms with Crippen molar-refractivity contribution in [3.63, 3.8) is 0 Å². The molecule has 2 N–H and O–H groups in total. The predicted molar refractivity (Wildman–Crippen MR) is 202 cm³/mol. The van der Waals surface area contributed by atoms with E-state index in [9.17, 15) is 0 Å². The van der Waals surface area contributed by atoms with Gasteiger partial charge in [-0.3, -0.25) is 9.59 Å². The molecule has 2 aliphatic carbocycles. The van der Waals surface area contributed by atoms with E-state index in [1.165, 1.54) is 0 Å². The molecule has 2 heterocycles. The SMILES string of the molecule is COc1cc(NC(=O)C(C(C(=O)Nc2cc(OC)cc(OC)c2)n2cnc3cccc(C4CC4)c32)n2cnc3cccc(C4CCC4)c32)cc(OC)c1. The van der Waals surface area contributed by atoms with E-state index in [0.29, 0.717) is 46.2 Å². The number of carbonyl (C=O) groups excluding carboxylic acids is 2. The van der Waals surface area contributed by atoms with E-state index in [1.54, 1.807) is 77.5 Å². The molecule has 53 heavy (non-hydrogen) atoms. The molecule has 272 valence electrons. The van der Waals surface area contributed by atoms with Gasteiger partial charge in [-0.05, 0) is 60.8 Å². The standard InChI is InChI=1S/C41H42N6O6/c1-50-28-16-26(17-29(20-28)51-2)44-40(48)38(46-22-42-34-12-6-10-32(36(34)46)24-8-5-9-24)39(41(49)45-27-18-30(52-3)21-31(19-27)53-4)47-23-43-35-13-7-11-33(37(35)47)25-14-15-25/h6-7,10-13,16-25,38-39H,5,8-9,14-15H2,1-4H3,(H,44,48)(H,45,49). The molecule has 4 aromatic carbocycles. The summed E-state index contributed by atoms with van der Waals surface area (Å²) in [5, 5.41) is 6.23. The molecule has 0 bridgehead atoms. The second-order valence-electron chi connectivity index (χ2n) is 13.7. The number of imidazole rings is 2. The fourth-order valence-electron chi connectivity index (χ4n) is 7.46. The number of carbonyl (C=O) groups is 2. The van der Waals surface area contributed by atoms with Crippen LogP contribution in [0.4, 0.5) is 11.4 Å². The highest BCUT2D eigenvalue weighted by molar-refractivity contribution is 6.03.